The van der Waals surface area contributed by atoms with Crippen LogP contribution in [0.5, 0.6) is 0 Å². The quantitative estimate of drug-likeness (QED) is 0.263. The molecule has 7 rings (SSSR count). The summed E-state index contributed by atoms with van der Waals surface area (Å²) >= 11 is 0. The maximum absolute atomic E-state index is 14.0. The maximum Gasteiger partial charge on any atom is 0.269 e. The number of nitro benzene ring substituents is 1. The Labute approximate surface area is 223 Å². The third kappa shape index (κ3) is 3.69. The number of aromatic nitrogens is 2. The van der Waals surface area contributed by atoms with Crippen molar-refractivity contribution in [2.45, 2.75) is 24.9 Å². The lowest BCUT2D eigenvalue weighted by Gasteiger charge is -2.47. The highest BCUT2D eigenvalue weighted by molar-refractivity contribution is 5.97. The van der Waals surface area contributed by atoms with E-state index in [1.807, 2.05) is 48.7 Å². The lowest BCUT2D eigenvalue weighted by Crippen LogP contribution is -2.63. The summed E-state index contributed by atoms with van der Waals surface area (Å²) in [6, 6.07) is 20.9. The molecule has 2 aliphatic rings. The van der Waals surface area contributed by atoms with Gasteiger partial charge >= 0.3 is 0 Å². The van der Waals surface area contributed by atoms with Crippen molar-refractivity contribution in [2.24, 2.45) is 0 Å². The predicted molar refractivity (Wildman–Crippen MR) is 146 cm³/mol. The van der Waals surface area contributed by atoms with Gasteiger partial charge < -0.3 is 19.8 Å². The van der Waals surface area contributed by atoms with E-state index in [-0.39, 0.29) is 24.0 Å². The van der Waals surface area contributed by atoms with Gasteiger partial charge in [-0.15, -0.1) is 0 Å². The Morgan fingerprint density at radius 2 is 1.72 bits per heavy atom. The lowest BCUT2D eigenvalue weighted by atomic mass is 9.86. The van der Waals surface area contributed by atoms with Gasteiger partial charge in [0.15, 0.2) is 0 Å². The van der Waals surface area contributed by atoms with Crippen LogP contribution in [0.25, 0.3) is 21.8 Å². The highest BCUT2D eigenvalue weighted by Crippen LogP contribution is 2.43. The second-order valence-corrected chi connectivity index (χ2v) is 10.2. The molecular weight excluding hydrogens is 494 g/mol. The second kappa shape index (κ2) is 8.83. The van der Waals surface area contributed by atoms with Gasteiger partial charge in [0.05, 0.1) is 17.5 Å². The zero-order valence-electron chi connectivity index (χ0n) is 21.0. The van der Waals surface area contributed by atoms with Crippen molar-refractivity contribution in [1.82, 2.24) is 19.8 Å². The van der Waals surface area contributed by atoms with Crippen molar-refractivity contribution in [3.63, 3.8) is 0 Å². The standard InChI is InChI=1S/C30H25N5O4/c36-27-17-33(13-12-19-16-31-24-10-3-1-8-21(19)24)30(37)26-15-23-22-9-2-4-11-25(22)32-28(23)29(34(26)27)18-6-5-7-20(14-18)35(38)39/h1-11,14,16,26,29,31-32H,12-13,15,17H2/t26-,29+/m0/s1. The molecule has 0 aliphatic carbocycles. The third-order valence-corrected chi connectivity index (χ3v) is 8.07. The molecule has 0 spiro atoms. The maximum atomic E-state index is 14.0. The van der Waals surface area contributed by atoms with E-state index in [9.17, 15) is 19.7 Å². The number of amides is 2. The first kappa shape index (κ1) is 23.2. The highest BCUT2D eigenvalue weighted by atomic mass is 16.6. The van der Waals surface area contributed by atoms with Crippen LogP contribution in [0.15, 0.2) is 79.0 Å². The molecule has 0 saturated carbocycles. The minimum absolute atomic E-state index is 0.0291. The van der Waals surface area contributed by atoms with Crippen molar-refractivity contribution in [2.75, 3.05) is 13.1 Å². The van der Waals surface area contributed by atoms with Crippen molar-refractivity contribution < 1.29 is 14.5 Å². The summed E-state index contributed by atoms with van der Waals surface area (Å²) in [5.74, 6) is -0.264. The monoisotopic (exact) mass is 519 g/mol. The number of piperazine rings is 1. The van der Waals surface area contributed by atoms with Gasteiger partial charge in [0, 0.05) is 58.8 Å². The van der Waals surface area contributed by atoms with Crippen LogP contribution in [0.4, 0.5) is 5.69 Å². The van der Waals surface area contributed by atoms with Gasteiger partial charge in [-0.25, -0.2) is 0 Å². The van der Waals surface area contributed by atoms with Crippen LogP contribution in [0.3, 0.4) is 0 Å². The van der Waals surface area contributed by atoms with Crippen LogP contribution in [-0.4, -0.2) is 55.6 Å². The Morgan fingerprint density at radius 3 is 2.54 bits per heavy atom. The molecule has 4 heterocycles. The number of hydrogen-bond acceptors (Lipinski definition) is 4. The van der Waals surface area contributed by atoms with E-state index in [1.165, 1.54) is 12.1 Å². The number of para-hydroxylation sites is 2. The van der Waals surface area contributed by atoms with Crippen molar-refractivity contribution in [3.05, 3.63) is 111 Å². The Balaban J connectivity index is 1.27. The summed E-state index contributed by atoms with van der Waals surface area (Å²) in [6.07, 6.45) is 2.98. The minimum Gasteiger partial charge on any atom is -0.361 e. The van der Waals surface area contributed by atoms with E-state index >= 15 is 0 Å². The number of fused-ring (bicyclic) bond motifs is 5. The number of rotatable bonds is 5. The zero-order valence-corrected chi connectivity index (χ0v) is 21.0. The topological polar surface area (TPSA) is 115 Å². The summed E-state index contributed by atoms with van der Waals surface area (Å²) in [6.45, 7) is 0.400. The van der Waals surface area contributed by atoms with Gasteiger partial charge in [0.25, 0.3) is 5.69 Å². The highest BCUT2D eigenvalue weighted by Gasteiger charge is 2.48. The first-order valence-electron chi connectivity index (χ1n) is 13.0. The average Bonchev–Trinajstić information content (AvgIpc) is 3.54. The van der Waals surface area contributed by atoms with Crippen LogP contribution in [0, 0.1) is 10.1 Å². The second-order valence-electron chi connectivity index (χ2n) is 10.2. The Hall–Kier alpha value is -4.92. The van der Waals surface area contributed by atoms with Crippen LogP contribution in [-0.2, 0) is 22.4 Å². The summed E-state index contributed by atoms with van der Waals surface area (Å²) in [5.41, 5.74) is 5.39. The summed E-state index contributed by atoms with van der Waals surface area (Å²) in [7, 11) is 0. The number of carbonyl (C=O) groups excluding carboxylic acids is 2. The molecule has 1 saturated heterocycles. The first-order chi connectivity index (χ1) is 19.0. The number of nitrogens with zero attached hydrogens (tertiary/aromatic N) is 3. The van der Waals surface area contributed by atoms with E-state index in [4.69, 9.17) is 0 Å². The number of aromatic amines is 2. The van der Waals surface area contributed by atoms with Crippen LogP contribution >= 0.6 is 0 Å². The summed E-state index contributed by atoms with van der Waals surface area (Å²) in [4.78, 5) is 48.9. The number of nitrogens with one attached hydrogen (secondary N) is 2. The fraction of sp³-hybridized carbons (Fsp3) is 0.200. The first-order valence-corrected chi connectivity index (χ1v) is 13.0. The summed E-state index contributed by atoms with van der Waals surface area (Å²) < 4.78 is 0. The molecule has 0 bridgehead atoms. The SMILES string of the molecule is O=C1[C@@H]2Cc3c([nH]c4ccccc34)[C@@H](c3cccc([N+](=O)[O-])c3)N2C(=O)CN1CCc1c[nH]c2ccccc12. The molecule has 0 radical (unpaired) electrons. The molecule has 2 aromatic heterocycles. The molecule has 2 aliphatic heterocycles. The van der Waals surface area contributed by atoms with Gasteiger partial charge in [-0.05, 0) is 35.2 Å². The predicted octanol–water partition coefficient (Wildman–Crippen LogP) is 4.49. The van der Waals surface area contributed by atoms with Gasteiger partial charge in [0.1, 0.15) is 6.04 Å². The number of benzene rings is 3. The minimum atomic E-state index is -0.690. The van der Waals surface area contributed by atoms with Crippen molar-refractivity contribution in [3.8, 4) is 0 Å². The van der Waals surface area contributed by atoms with Crippen LogP contribution in [0.2, 0.25) is 0 Å². The van der Waals surface area contributed by atoms with E-state index in [2.05, 4.69) is 16.0 Å². The molecule has 2 N–H and O–H groups in total. The molecule has 9 nitrogen and oxygen atoms in total. The third-order valence-electron chi connectivity index (χ3n) is 8.07. The molecule has 1 fully saturated rings. The fourth-order valence-corrected chi connectivity index (χ4v) is 6.26. The normalized spacial score (nSPS) is 19.0. The lowest BCUT2D eigenvalue weighted by molar-refractivity contribution is -0.384. The molecule has 3 aromatic carbocycles. The Kier molecular flexibility index (Phi) is 5.26. The van der Waals surface area contributed by atoms with Gasteiger partial charge in [-0.1, -0.05) is 48.5 Å². The van der Waals surface area contributed by atoms with Crippen LogP contribution < -0.4 is 0 Å². The number of non-ortho nitro benzene ring substituents is 1. The van der Waals surface area contributed by atoms with E-state index in [1.54, 1.807) is 21.9 Å². The van der Waals surface area contributed by atoms with E-state index < -0.39 is 17.0 Å². The molecule has 5 aromatic rings. The van der Waals surface area contributed by atoms with Gasteiger partial charge in [0.2, 0.25) is 11.8 Å². The zero-order chi connectivity index (χ0) is 26.7. The molecule has 194 valence electrons. The largest absolute Gasteiger partial charge is 0.361 e. The molecule has 39 heavy (non-hydrogen) atoms. The summed E-state index contributed by atoms with van der Waals surface area (Å²) in [5, 5.41) is 13.7. The Bertz CT molecular complexity index is 1790. The van der Waals surface area contributed by atoms with Crippen LogP contribution in [0.1, 0.15) is 28.4 Å². The molecular formula is C30H25N5O4. The van der Waals surface area contributed by atoms with Gasteiger partial charge in [-0.3, -0.25) is 19.7 Å². The average molecular weight is 520 g/mol. The molecule has 2 amide bonds. The van der Waals surface area contributed by atoms with E-state index in [0.717, 1.165) is 38.6 Å². The van der Waals surface area contributed by atoms with Crippen molar-refractivity contribution in [1.29, 1.82) is 0 Å². The fourth-order valence-electron chi connectivity index (χ4n) is 6.26. The smallest absolute Gasteiger partial charge is 0.269 e. The van der Waals surface area contributed by atoms with E-state index in [0.29, 0.717) is 24.9 Å². The van der Waals surface area contributed by atoms with Gasteiger partial charge in [-0.2, -0.15) is 0 Å². The number of carbonyl (C=O) groups is 2. The number of H-pyrrole nitrogens is 2. The number of nitro groups is 1. The molecule has 9 heteroatoms. The van der Waals surface area contributed by atoms with Crippen molar-refractivity contribution >= 4 is 39.3 Å². The molecule has 2 atom stereocenters. The number of hydrogen-bond donors (Lipinski definition) is 2. The Morgan fingerprint density at radius 1 is 0.949 bits per heavy atom. The molecule has 0 unspecified atom stereocenters.